The summed E-state index contributed by atoms with van der Waals surface area (Å²) < 4.78 is 24.6. The molecule has 2 nitrogen and oxygen atoms in total. The van der Waals surface area contributed by atoms with Gasteiger partial charge in [0.25, 0.3) is 6.43 Å². The SMILES string of the molecule is CC(Cc1ccc(C(F)F)cc1Cl)C(=O)O. The third-order valence-electron chi connectivity index (χ3n) is 2.28. The Morgan fingerprint density at radius 3 is 2.56 bits per heavy atom. The molecule has 0 amide bonds. The molecule has 1 aromatic rings. The highest BCUT2D eigenvalue weighted by Gasteiger charge is 2.15. The summed E-state index contributed by atoms with van der Waals surface area (Å²) in [6.45, 7) is 1.54. The van der Waals surface area contributed by atoms with Crippen LogP contribution in [0.2, 0.25) is 5.02 Å². The second-order valence-corrected chi connectivity index (χ2v) is 4.00. The van der Waals surface area contributed by atoms with Crippen LogP contribution in [0.4, 0.5) is 8.78 Å². The first-order valence-corrected chi connectivity index (χ1v) is 5.09. The topological polar surface area (TPSA) is 37.3 Å². The zero-order valence-electron chi connectivity index (χ0n) is 8.58. The number of benzene rings is 1. The normalized spacial score (nSPS) is 12.8. The molecule has 5 heteroatoms. The van der Waals surface area contributed by atoms with Crippen molar-refractivity contribution in [2.75, 3.05) is 0 Å². The van der Waals surface area contributed by atoms with Gasteiger partial charge in [-0.1, -0.05) is 30.7 Å². The molecule has 1 rings (SSSR count). The van der Waals surface area contributed by atoms with Crippen molar-refractivity contribution in [1.82, 2.24) is 0 Å². The Kier molecular flexibility index (Phi) is 4.24. The van der Waals surface area contributed by atoms with Crippen LogP contribution in [0.3, 0.4) is 0 Å². The van der Waals surface area contributed by atoms with E-state index in [1.54, 1.807) is 6.92 Å². The summed E-state index contributed by atoms with van der Waals surface area (Å²) in [6.07, 6.45) is -2.33. The van der Waals surface area contributed by atoms with Gasteiger partial charge in [0.1, 0.15) is 0 Å². The Balaban J connectivity index is 2.87. The largest absolute Gasteiger partial charge is 0.481 e. The van der Waals surface area contributed by atoms with E-state index >= 15 is 0 Å². The molecule has 0 heterocycles. The molecule has 1 atom stereocenters. The number of alkyl halides is 2. The predicted octanol–water partition coefficient (Wildman–Crippen LogP) is 3.54. The zero-order valence-corrected chi connectivity index (χ0v) is 9.34. The maximum absolute atomic E-state index is 12.3. The molecule has 1 unspecified atom stereocenters. The Morgan fingerprint density at radius 1 is 1.50 bits per heavy atom. The van der Waals surface area contributed by atoms with Gasteiger partial charge in [0.2, 0.25) is 0 Å². The van der Waals surface area contributed by atoms with Crippen LogP contribution in [0, 0.1) is 5.92 Å². The number of halogens is 3. The first-order chi connectivity index (χ1) is 7.41. The van der Waals surface area contributed by atoms with E-state index in [0.29, 0.717) is 5.56 Å². The maximum atomic E-state index is 12.3. The van der Waals surface area contributed by atoms with Crippen LogP contribution in [0.5, 0.6) is 0 Å². The molecule has 0 bridgehead atoms. The molecule has 0 aliphatic rings. The minimum Gasteiger partial charge on any atom is -0.481 e. The van der Waals surface area contributed by atoms with Crippen molar-refractivity contribution in [3.8, 4) is 0 Å². The smallest absolute Gasteiger partial charge is 0.306 e. The van der Waals surface area contributed by atoms with Crippen molar-refractivity contribution in [3.63, 3.8) is 0 Å². The van der Waals surface area contributed by atoms with Gasteiger partial charge in [-0.25, -0.2) is 8.78 Å². The fraction of sp³-hybridized carbons (Fsp3) is 0.364. The first-order valence-electron chi connectivity index (χ1n) is 4.71. The molecule has 0 aliphatic carbocycles. The van der Waals surface area contributed by atoms with Crippen LogP contribution < -0.4 is 0 Å². The maximum Gasteiger partial charge on any atom is 0.306 e. The van der Waals surface area contributed by atoms with Gasteiger partial charge >= 0.3 is 5.97 Å². The zero-order chi connectivity index (χ0) is 12.3. The number of hydrogen-bond acceptors (Lipinski definition) is 1. The van der Waals surface area contributed by atoms with E-state index in [0.717, 1.165) is 0 Å². The monoisotopic (exact) mass is 248 g/mol. The average molecular weight is 249 g/mol. The van der Waals surface area contributed by atoms with Crippen LogP contribution in [-0.4, -0.2) is 11.1 Å². The van der Waals surface area contributed by atoms with Gasteiger partial charge < -0.3 is 5.11 Å². The van der Waals surface area contributed by atoms with Gasteiger partial charge in [-0.3, -0.25) is 4.79 Å². The molecule has 0 aliphatic heterocycles. The fourth-order valence-corrected chi connectivity index (χ4v) is 1.55. The van der Waals surface area contributed by atoms with Gasteiger partial charge in [0, 0.05) is 10.6 Å². The molecule has 88 valence electrons. The van der Waals surface area contributed by atoms with Gasteiger partial charge in [0.15, 0.2) is 0 Å². The molecule has 16 heavy (non-hydrogen) atoms. The minimum absolute atomic E-state index is 0.156. The molecule has 0 radical (unpaired) electrons. The fourth-order valence-electron chi connectivity index (χ4n) is 1.28. The van der Waals surface area contributed by atoms with Crippen molar-refractivity contribution < 1.29 is 18.7 Å². The van der Waals surface area contributed by atoms with Crippen molar-refractivity contribution in [1.29, 1.82) is 0 Å². The minimum atomic E-state index is -2.57. The number of aliphatic carboxylic acids is 1. The Bertz CT molecular complexity index is 394. The van der Waals surface area contributed by atoms with Gasteiger partial charge in [-0.15, -0.1) is 0 Å². The third kappa shape index (κ3) is 3.17. The van der Waals surface area contributed by atoms with E-state index < -0.39 is 18.3 Å². The van der Waals surface area contributed by atoms with E-state index in [1.165, 1.54) is 18.2 Å². The predicted molar refractivity (Wildman–Crippen MR) is 56.9 cm³/mol. The number of hydrogen-bond donors (Lipinski definition) is 1. The van der Waals surface area contributed by atoms with Gasteiger partial charge in [0.05, 0.1) is 5.92 Å². The summed E-state index contributed by atoms with van der Waals surface area (Å²) in [6, 6.07) is 3.89. The van der Waals surface area contributed by atoms with Gasteiger partial charge in [-0.2, -0.15) is 0 Å². The summed E-state index contributed by atoms with van der Waals surface area (Å²) >= 11 is 5.80. The Labute approximate surface area is 96.8 Å². The van der Waals surface area contributed by atoms with Crippen molar-refractivity contribution in [3.05, 3.63) is 34.3 Å². The number of carboxylic acids is 1. The quantitative estimate of drug-likeness (QED) is 0.885. The molecule has 0 saturated heterocycles. The summed E-state index contributed by atoms with van der Waals surface area (Å²) in [7, 11) is 0. The lowest BCUT2D eigenvalue weighted by Gasteiger charge is -2.09. The molecule has 1 N–H and O–H groups in total. The molecule has 0 spiro atoms. The second-order valence-electron chi connectivity index (χ2n) is 3.59. The van der Waals surface area contributed by atoms with E-state index in [4.69, 9.17) is 16.7 Å². The summed E-state index contributed by atoms with van der Waals surface area (Å²) in [5, 5.41) is 8.90. The van der Waals surface area contributed by atoms with Crippen LogP contribution in [0.25, 0.3) is 0 Å². The Morgan fingerprint density at radius 2 is 2.12 bits per heavy atom. The van der Waals surface area contributed by atoms with Crippen LogP contribution in [0.1, 0.15) is 24.5 Å². The molecular weight excluding hydrogens is 238 g/mol. The summed E-state index contributed by atoms with van der Waals surface area (Å²) in [5.74, 6) is -1.52. The third-order valence-corrected chi connectivity index (χ3v) is 2.63. The standard InChI is InChI=1S/C11H11ClF2O2/c1-6(11(15)16)4-7-2-3-8(10(13)14)5-9(7)12/h2-3,5-6,10H,4H2,1H3,(H,15,16). The highest BCUT2D eigenvalue weighted by atomic mass is 35.5. The van der Waals surface area contributed by atoms with Crippen LogP contribution in [-0.2, 0) is 11.2 Å². The number of carbonyl (C=O) groups is 1. The van der Waals surface area contributed by atoms with Gasteiger partial charge in [-0.05, 0) is 18.1 Å². The average Bonchev–Trinajstić information content (AvgIpc) is 2.20. The highest BCUT2D eigenvalue weighted by molar-refractivity contribution is 6.31. The molecule has 0 saturated carbocycles. The number of rotatable bonds is 4. The molecule has 1 aromatic carbocycles. The first kappa shape index (κ1) is 12.9. The van der Waals surface area contributed by atoms with Crippen LogP contribution in [0.15, 0.2) is 18.2 Å². The lowest BCUT2D eigenvalue weighted by atomic mass is 10.0. The summed E-state index contributed by atoms with van der Waals surface area (Å²) in [5.41, 5.74) is 0.415. The van der Waals surface area contributed by atoms with E-state index in [1.807, 2.05) is 0 Å². The van der Waals surface area contributed by atoms with Crippen molar-refractivity contribution >= 4 is 17.6 Å². The van der Waals surface area contributed by atoms with Crippen LogP contribution >= 0.6 is 11.6 Å². The molecule has 0 aromatic heterocycles. The summed E-state index contributed by atoms with van der Waals surface area (Å²) in [4.78, 5) is 10.6. The lowest BCUT2D eigenvalue weighted by molar-refractivity contribution is -0.141. The lowest BCUT2D eigenvalue weighted by Crippen LogP contribution is -2.12. The second kappa shape index (κ2) is 5.25. The highest BCUT2D eigenvalue weighted by Crippen LogP contribution is 2.26. The van der Waals surface area contributed by atoms with Crippen molar-refractivity contribution in [2.24, 2.45) is 5.92 Å². The number of carboxylic acid groups (broad SMARTS) is 1. The van der Waals surface area contributed by atoms with Crippen molar-refractivity contribution in [2.45, 2.75) is 19.8 Å². The van der Waals surface area contributed by atoms with E-state index in [9.17, 15) is 13.6 Å². The van der Waals surface area contributed by atoms with E-state index in [-0.39, 0.29) is 17.0 Å². The molecular formula is C11H11ClF2O2. The Hall–Kier alpha value is -1.16. The molecule has 0 fully saturated rings. The van der Waals surface area contributed by atoms with E-state index in [2.05, 4.69) is 0 Å².